The summed E-state index contributed by atoms with van der Waals surface area (Å²) in [6.45, 7) is 4.88. The zero-order chi connectivity index (χ0) is 11.1. The van der Waals surface area contributed by atoms with Gasteiger partial charge in [-0.1, -0.05) is 0 Å². The molecule has 0 aliphatic rings. The molecule has 1 rings (SSSR count). The van der Waals surface area contributed by atoms with Crippen LogP contribution in [0.3, 0.4) is 0 Å². The third kappa shape index (κ3) is 4.44. The maximum atomic E-state index is 11.3. The Morgan fingerprint density at radius 2 is 2.47 bits per heavy atom. The molecule has 0 aliphatic heterocycles. The monoisotopic (exact) mass is 227 g/mol. The highest BCUT2D eigenvalue weighted by molar-refractivity contribution is 7.07. The van der Waals surface area contributed by atoms with Gasteiger partial charge in [0.15, 0.2) is 0 Å². The van der Waals surface area contributed by atoms with Gasteiger partial charge in [0.1, 0.15) is 6.04 Å². The second kappa shape index (κ2) is 6.58. The zero-order valence-electron chi connectivity index (χ0n) is 9.16. The summed E-state index contributed by atoms with van der Waals surface area (Å²) in [6.07, 6.45) is 0.952. The summed E-state index contributed by atoms with van der Waals surface area (Å²) >= 11 is 1.69. The van der Waals surface area contributed by atoms with E-state index in [0.29, 0.717) is 6.61 Å². The fourth-order valence-corrected chi connectivity index (χ4v) is 1.92. The van der Waals surface area contributed by atoms with Crippen LogP contribution in [0.4, 0.5) is 0 Å². The number of ether oxygens (including phenoxy) is 1. The average Bonchev–Trinajstić information content (AvgIpc) is 2.71. The Labute approximate surface area is 94.5 Å². The van der Waals surface area contributed by atoms with Crippen molar-refractivity contribution < 1.29 is 9.53 Å². The molecule has 4 heteroatoms. The third-order valence-corrected chi connectivity index (χ3v) is 2.82. The lowest BCUT2D eigenvalue weighted by atomic mass is 10.2. The lowest BCUT2D eigenvalue weighted by Gasteiger charge is -2.11. The highest BCUT2D eigenvalue weighted by Crippen LogP contribution is 2.05. The molecule has 1 atom stereocenters. The second-order valence-corrected chi connectivity index (χ2v) is 4.09. The normalized spacial score (nSPS) is 12.4. The summed E-state index contributed by atoms with van der Waals surface area (Å²) in [5.41, 5.74) is 1.31. The Bertz CT molecular complexity index is 285. The summed E-state index contributed by atoms with van der Waals surface area (Å²) in [5.74, 6) is -0.178. The molecule has 15 heavy (non-hydrogen) atoms. The minimum absolute atomic E-state index is 0.178. The molecule has 1 aromatic rings. The first-order chi connectivity index (χ1) is 7.24. The SMILES string of the molecule is CCOC(=O)C(C)NCCc1ccsc1. The molecule has 0 aromatic carbocycles. The van der Waals surface area contributed by atoms with E-state index in [0.717, 1.165) is 13.0 Å². The van der Waals surface area contributed by atoms with Gasteiger partial charge in [-0.2, -0.15) is 11.3 Å². The first-order valence-corrected chi connectivity index (χ1v) is 6.09. The number of carbonyl (C=O) groups is 1. The fraction of sp³-hybridized carbons (Fsp3) is 0.545. The van der Waals surface area contributed by atoms with Crippen LogP contribution in [-0.4, -0.2) is 25.2 Å². The third-order valence-electron chi connectivity index (χ3n) is 2.08. The molecule has 1 aromatic heterocycles. The summed E-state index contributed by atoms with van der Waals surface area (Å²) in [4.78, 5) is 11.3. The van der Waals surface area contributed by atoms with Gasteiger partial charge in [-0.3, -0.25) is 4.79 Å². The Kier molecular flexibility index (Phi) is 5.36. The number of thiophene rings is 1. The quantitative estimate of drug-likeness (QED) is 0.754. The Morgan fingerprint density at radius 3 is 3.07 bits per heavy atom. The van der Waals surface area contributed by atoms with Gasteiger partial charge >= 0.3 is 5.97 Å². The largest absolute Gasteiger partial charge is 0.465 e. The fourth-order valence-electron chi connectivity index (χ4n) is 1.22. The van der Waals surface area contributed by atoms with E-state index >= 15 is 0 Å². The second-order valence-electron chi connectivity index (χ2n) is 3.31. The molecule has 0 spiro atoms. The van der Waals surface area contributed by atoms with Crippen LogP contribution in [0.2, 0.25) is 0 Å². The van der Waals surface area contributed by atoms with Crippen molar-refractivity contribution in [3.05, 3.63) is 22.4 Å². The molecule has 1 N–H and O–H groups in total. The lowest BCUT2D eigenvalue weighted by Crippen LogP contribution is -2.36. The van der Waals surface area contributed by atoms with Crippen LogP contribution in [0.25, 0.3) is 0 Å². The molecule has 1 unspecified atom stereocenters. The summed E-state index contributed by atoms with van der Waals surface area (Å²) < 4.78 is 4.89. The summed E-state index contributed by atoms with van der Waals surface area (Å²) in [5, 5.41) is 7.32. The predicted octanol–water partition coefficient (Wildman–Crippen LogP) is 1.83. The van der Waals surface area contributed by atoms with Gasteiger partial charge in [0.05, 0.1) is 6.61 Å². The van der Waals surface area contributed by atoms with Gasteiger partial charge in [-0.15, -0.1) is 0 Å². The van der Waals surface area contributed by atoms with E-state index in [9.17, 15) is 4.79 Å². The van der Waals surface area contributed by atoms with Crippen molar-refractivity contribution in [2.24, 2.45) is 0 Å². The van der Waals surface area contributed by atoms with Crippen LogP contribution in [0.15, 0.2) is 16.8 Å². The summed E-state index contributed by atoms with van der Waals surface area (Å²) in [7, 11) is 0. The van der Waals surface area contributed by atoms with E-state index in [2.05, 4.69) is 22.1 Å². The number of hydrogen-bond donors (Lipinski definition) is 1. The van der Waals surface area contributed by atoms with Crippen LogP contribution in [0.1, 0.15) is 19.4 Å². The van der Waals surface area contributed by atoms with Crippen molar-refractivity contribution in [3.63, 3.8) is 0 Å². The molecule has 0 amide bonds. The standard InChI is InChI=1S/C11H17NO2S/c1-3-14-11(13)9(2)12-6-4-10-5-7-15-8-10/h5,7-9,12H,3-4,6H2,1-2H3. The van der Waals surface area contributed by atoms with Crippen LogP contribution < -0.4 is 5.32 Å². The van der Waals surface area contributed by atoms with E-state index in [-0.39, 0.29) is 12.0 Å². The smallest absolute Gasteiger partial charge is 0.322 e. The molecule has 3 nitrogen and oxygen atoms in total. The van der Waals surface area contributed by atoms with E-state index < -0.39 is 0 Å². The number of nitrogens with one attached hydrogen (secondary N) is 1. The highest BCUT2D eigenvalue weighted by Gasteiger charge is 2.11. The van der Waals surface area contributed by atoms with E-state index in [1.165, 1.54) is 5.56 Å². The molecule has 0 saturated carbocycles. The number of rotatable bonds is 6. The maximum Gasteiger partial charge on any atom is 0.322 e. The van der Waals surface area contributed by atoms with Gasteiger partial charge in [0.25, 0.3) is 0 Å². The Morgan fingerprint density at radius 1 is 1.67 bits per heavy atom. The molecule has 0 saturated heterocycles. The van der Waals surface area contributed by atoms with Crippen molar-refractivity contribution in [2.45, 2.75) is 26.3 Å². The number of carbonyl (C=O) groups excluding carboxylic acids is 1. The molecule has 0 radical (unpaired) electrons. The molecular weight excluding hydrogens is 210 g/mol. The van der Waals surface area contributed by atoms with Gasteiger partial charge < -0.3 is 10.1 Å². The lowest BCUT2D eigenvalue weighted by molar-refractivity contribution is -0.145. The van der Waals surface area contributed by atoms with Crippen molar-refractivity contribution in [3.8, 4) is 0 Å². The molecule has 0 bridgehead atoms. The van der Waals surface area contributed by atoms with Crippen LogP contribution >= 0.6 is 11.3 Å². The Balaban J connectivity index is 2.17. The first-order valence-electron chi connectivity index (χ1n) is 5.15. The van der Waals surface area contributed by atoms with Gasteiger partial charge in [0.2, 0.25) is 0 Å². The highest BCUT2D eigenvalue weighted by atomic mass is 32.1. The van der Waals surface area contributed by atoms with Crippen LogP contribution in [0, 0.1) is 0 Å². The van der Waals surface area contributed by atoms with Crippen molar-refractivity contribution in [1.82, 2.24) is 5.32 Å². The van der Waals surface area contributed by atoms with Gasteiger partial charge in [-0.25, -0.2) is 0 Å². The summed E-state index contributed by atoms with van der Waals surface area (Å²) in [6, 6.07) is 1.88. The topological polar surface area (TPSA) is 38.3 Å². The van der Waals surface area contributed by atoms with Gasteiger partial charge in [0, 0.05) is 0 Å². The van der Waals surface area contributed by atoms with E-state index in [1.54, 1.807) is 11.3 Å². The van der Waals surface area contributed by atoms with E-state index in [4.69, 9.17) is 4.74 Å². The minimum atomic E-state index is -0.219. The van der Waals surface area contributed by atoms with Gasteiger partial charge in [-0.05, 0) is 49.2 Å². The van der Waals surface area contributed by atoms with Crippen molar-refractivity contribution >= 4 is 17.3 Å². The molecule has 0 aliphatic carbocycles. The molecule has 0 fully saturated rings. The van der Waals surface area contributed by atoms with Crippen LogP contribution in [-0.2, 0) is 16.0 Å². The average molecular weight is 227 g/mol. The maximum absolute atomic E-state index is 11.3. The van der Waals surface area contributed by atoms with Crippen molar-refractivity contribution in [1.29, 1.82) is 0 Å². The zero-order valence-corrected chi connectivity index (χ0v) is 9.97. The number of esters is 1. The minimum Gasteiger partial charge on any atom is -0.465 e. The molecule has 84 valence electrons. The van der Waals surface area contributed by atoms with Crippen molar-refractivity contribution in [2.75, 3.05) is 13.2 Å². The predicted molar refractivity (Wildman–Crippen MR) is 62.1 cm³/mol. The Hall–Kier alpha value is -0.870. The first kappa shape index (κ1) is 12.2. The van der Waals surface area contributed by atoms with Crippen LogP contribution in [0.5, 0.6) is 0 Å². The molecule has 1 heterocycles. The molecular formula is C11H17NO2S. The number of hydrogen-bond acceptors (Lipinski definition) is 4. The van der Waals surface area contributed by atoms with E-state index in [1.807, 2.05) is 13.8 Å².